The van der Waals surface area contributed by atoms with Gasteiger partial charge in [0.25, 0.3) is 16.6 Å². The molecule has 4 aromatic carbocycles. The summed E-state index contributed by atoms with van der Waals surface area (Å²) in [7, 11) is -11.8. The standard InChI is InChI=1S/C38H50O9P2Si2/c1-37(2,3)50(29-19-11-7-12-20-29,30-21-13-8-14-22-30)43-27-33-35(46-48(39)40)36(47-49(41)42)34(45-33)28-44-51(38(4,5)6,31-23-15-9-16-24-31)32-25-17-10-18-26-32/h7-26,33-36,39-42H,27-28H2,1-6H3/t33-,34-,35?,36?/m1/s1. The molecule has 1 fully saturated rings. The van der Waals surface area contributed by atoms with Gasteiger partial charge in [0.05, 0.1) is 13.2 Å². The molecule has 5 rings (SSSR count). The minimum atomic E-state index is -3.04. The number of hydrogen-bond donors (Lipinski definition) is 4. The van der Waals surface area contributed by atoms with Crippen LogP contribution in [0.1, 0.15) is 41.5 Å². The van der Waals surface area contributed by atoms with E-state index < -0.39 is 58.3 Å². The molecular weight excluding hydrogens is 719 g/mol. The van der Waals surface area contributed by atoms with E-state index in [1.165, 1.54) is 0 Å². The summed E-state index contributed by atoms with van der Waals surface area (Å²) in [6, 6.07) is 40.7. The zero-order valence-electron chi connectivity index (χ0n) is 30.0. The van der Waals surface area contributed by atoms with Gasteiger partial charge in [-0.3, -0.25) is 0 Å². The molecule has 0 bridgehead atoms. The van der Waals surface area contributed by atoms with Crippen molar-refractivity contribution in [1.82, 2.24) is 0 Å². The first-order valence-electron chi connectivity index (χ1n) is 17.1. The van der Waals surface area contributed by atoms with Crippen molar-refractivity contribution in [2.24, 2.45) is 0 Å². The lowest BCUT2D eigenvalue weighted by atomic mass is 10.1. The number of hydrogen-bond acceptors (Lipinski definition) is 9. The van der Waals surface area contributed by atoms with E-state index in [-0.39, 0.29) is 23.3 Å². The highest BCUT2D eigenvalue weighted by molar-refractivity contribution is 7.39. The summed E-state index contributed by atoms with van der Waals surface area (Å²) in [6.45, 7) is 13.0. The molecule has 0 radical (unpaired) electrons. The van der Waals surface area contributed by atoms with E-state index in [9.17, 15) is 19.6 Å². The maximum absolute atomic E-state index is 10.2. The van der Waals surface area contributed by atoms with E-state index in [4.69, 9.17) is 22.6 Å². The van der Waals surface area contributed by atoms with Crippen molar-refractivity contribution in [2.75, 3.05) is 13.2 Å². The topological polar surface area (TPSA) is 127 Å². The first-order chi connectivity index (χ1) is 24.2. The highest BCUT2D eigenvalue weighted by Crippen LogP contribution is 2.44. The fraction of sp³-hybridized carbons (Fsp3) is 0.368. The van der Waals surface area contributed by atoms with Gasteiger partial charge in [0, 0.05) is 0 Å². The van der Waals surface area contributed by atoms with Gasteiger partial charge in [-0.25, -0.2) is 0 Å². The Morgan fingerprint density at radius 2 is 0.745 bits per heavy atom. The lowest BCUT2D eigenvalue weighted by Crippen LogP contribution is -2.67. The van der Waals surface area contributed by atoms with Crippen molar-refractivity contribution >= 4 is 54.6 Å². The lowest BCUT2D eigenvalue weighted by Gasteiger charge is -2.44. The predicted octanol–water partition coefficient (Wildman–Crippen LogP) is 5.10. The fourth-order valence-corrected chi connectivity index (χ4v) is 17.6. The molecule has 0 spiro atoms. The molecule has 1 aliphatic heterocycles. The Balaban J connectivity index is 1.54. The number of rotatable bonds is 14. The van der Waals surface area contributed by atoms with Gasteiger partial charge in [0.15, 0.2) is 0 Å². The molecule has 1 saturated heterocycles. The van der Waals surface area contributed by atoms with E-state index >= 15 is 0 Å². The van der Waals surface area contributed by atoms with E-state index in [1.807, 2.05) is 72.8 Å². The Morgan fingerprint density at radius 1 is 0.490 bits per heavy atom. The number of benzene rings is 4. The Bertz CT molecular complexity index is 1440. The monoisotopic (exact) mass is 768 g/mol. The molecule has 4 atom stereocenters. The molecule has 0 aliphatic carbocycles. The van der Waals surface area contributed by atoms with Crippen LogP contribution in [0.2, 0.25) is 10.1 Å². The Kier molecular flexibility index (Phi) is 13.2. The first kappa shape index (κ1) is 40.0. The lowest BCUT2D eigenvalue weighted by molar-refractivity contribution is -0.0318. The third kappa shape index (κ3) is 8.63. The van der Waals surface area contributed by atoms with Gasteiger partial charge < -0.3 is 42.2 Å². The average molecular weight is 769 g/mol. The van der Waals surface area contributed by atoms with Crippen LogP contribution in [0.3, 0.4) is 0 Å². The molecule has 0 saturated carbocycles. The molecular formula is C38H50O9P2Si2. The van der Waals surface area contributed by atoms with Crippen molar-refractivity contribution in [1.29, 1.82) is 0 Å². The van der Waals surface area contributed by atoms with Crippen LogP contribution in [-0.2, 0) is 22.6 Å². The second kappa shape index (κ2) is 16.9. The van der Waals surface area contributed by atoms with Crippen LogP contribution in [0, 0.1) is 0 Å². The zero-order chi connectivity index (χ0) is 36.9. The van der Waals surface area contributed by atoms with E-state index in [0.717, 1.165) is 20.7 Å². The molecule has 0 amide bonds. The van der Waals surface area contributed by atoms with Crippen molar-refractivity contribution in [3.63, 3.8) is 0 Å². The van der Waals surface area contributed by atoms with E-state index in [1.54, 1.807) is 0 Å². The molecule has 2 unspecified atom stereocenters. The highest BCUT2D eigenvalue weighted by Gasteiger charge is 2.56. The maximum Gasteiger partial charge on any atom is 0.327 e. The Morgan fingerprint density at radius 3 is 0.961 bits per heavy atom. The largest absolute Gasteiger partial charge is 0.405 e. The molecule has 0 aromatic heterocycles. The summed E-state index contributed by atoms with van der Waals surface area (Å²) >= 11 is 0. The summed E-state index contributed by atoms with van der Waals surface area (Å²) in [6.07, 6.45) is -3.96. The Hall–Kier alpha value is -2.19. The van der Waals surface area contributed by atoms with Crippen LogP contribution in [0.15, 0.2) is 121 Å². The van der Waals surface area contributed by atoms with Crippen molar-refractivity contribution in [3.05, 3.63) is 121 Å². The molecule has 13 heteroatoms. The fourth-order valence-electron chi connectivity index (χ4n) is 7.48. The second-order valence-electron chi connectivity index (χ2n) is 14.8. The molecule has 4 N–H and O–H groups in total. The summed E-state index contributed by atoms with van der Waals surface area (Å²) in [5.41, 5.74) is 0. The minimum absolute atomic E-state index is 0.00543. The number of ether oxygens (including phenoxy) is 1. The van der Waals surface area contributed by atoms with Gasteiger partial charge in [-0.2, -0.15) is 0 Å². The van der Waals surface area contributed by atoms with E-state index in [0.29, 0.717) is 0 Å². The summed E-state index contributed by atoms with van der Waals surface area (Å²) in [4.78, 5) is 40.6. The molecule has 9 nitrogen and oxygen atoms in total. The van der Waals surface area contributed by atoms with Gasteiger partial charge in [-0.05, 0) is 30.8 Å². The third-order valence-corrected chi connectivity index (χ3v) is 20.5. The quantitative estimate of drug-likeness (QED) is 0.102. The van der Waals surface area contributed by atoms with Gasteiger partial charge in [0.1, 0.15) is 24.4 Å². The van der Waals surface area contributed by atoms with Crippen molar-refractivity contribution < 1.29 is 42.2 Å². The SMILES string of the molecule is CC(C)(C)[Si](OC[C@H]1O[C@H](CO[Si](c2ccccc2)(c2ccccc2)C(C)(C)C)C(OP(O)O)C1OP(O)O)(c1ccccc1)c1ccccc1. The summed E-state index contributed by atoms with van der Waals surface area (Å²) in [5, 5.41) is 3.60. The second-order valence-corrected chi connectivity index (χ2v) is 24.9. The van der Waals surface area contributed by atoms with Crippen LogP contribution >= 0.6 is 17.2 Å². The van der Waals surface area contributed by atoms with Gasteiger partial charge in [-0.15, -0.1) is 0 Å². The molecule has 274 valence electrons. The third-order valence-electron chi connectivity index (χ3n) is 9.60. The molecule has 51 heavy (non-hydrogen) atoms. The van der Waals surface area contributed by atoms with Gasteiger partial charge in [0.2, 0.25) is 0 Å². The minimum Gasteiger partial charge on any atom is -0.405 e. The predicted molar refractivity (Wildman–Crippen MR) is 208 cm³/mol. The molecule has 1 aliphatic rings. The molecule has 4 aromatic rings. The van der Waals surface area contributed by atoms with Crippen LogP contribution in [0.25, 0.3) is 0 Å². The smallest absolute Gasteiger partial charge is 0.327 e. The van der Waals surface area contributed by atoms with Crippen LogP contribution in [0.4, 0.5) is 0 Å². The summed E-state index contributed by atoms with van der Waals surface area (Å²) in [5.74, 6) is 0. The maximum atomic E-state index is 10.2. The van der Waals surface area contributed by atoms with Crippen molar-refractivity contribution in [3.8, 4) is 0 Å². The van der Waals surface area contributed by atoms with Gasteiger partial charge in [-0.1, -0.05) is 163 Å². The zero-order valence-corrected chi connectivity index (χ0v) is 33.8. The average Bonchev–Trinajstić information content (AvgIpc) is 3.40. The van der Waals surface area contributed by atoms with Gasteiger partial charge >= 0.3 is 17.2 Å². The van der Waals surface area contributed by atoms with Crippen molar-refractivity contribution in [2.45, 2.75) is 76.0 Å². The van der Waals surface area contributed by atoms with Crippen LogP contribution in [0.5, 0.6) is 0 Å². The van der Waals surface area contributed by atoms with Crippen LogP contribution in [-0.4, -0.2) is 73.8 Å². The van der Waals surface area contributed by atoms with Crippen LogP contribution < -0.4 is 20.7 Å². The normalized spacial score (nSPS) is 20.3. The first-order valence-corrected chi connectivity index (χ1v) is 23.2. The highest BCUT2D eigenvalue weighted by atomic mass is 31.2. The molecule has 1 heterocycles. The Labute approximate surface area is 306 Å². The summed E-state index contributed by atoms with van der Waals surface area (Å²) < 4.78 is 32.4. The van der Waals surface area contributed by atoms with E-state index in [2.05, 4.69) is 90.1 Å².